The average Bonchev–Trinajstić information content (AvgIpc) is 2.56. The van der Waals surface area contributed by atoms with Gasteiger partial charge in [0, 0.05) is 12.4 Å². The molecule has 2 atom stereocenters. The van der Waals surface area contributed by atoms with Gasteiger partial charge in [0.25, 0.3) is 0 Å². The number of hydrogen-bond acceptors (Lipinski definition) is 6. The molecule has 0 spiro atoms. The first kappa shape index (κ1) is 15.9. The van der Waals surface area contributed by atoms with E-state index in [4.69, 9.17) is 16.2 Å². The van der Waals surface area contributed by atoms with Crippen LogP contribution < -0.4 is 26.8 Å². The van der Waals surface area contributed by atoms with Crippen molar-refractivity contribution in [2.75, 3.05) is 7.11 Å². The van der Waals surface area contributed by atoms with Crippen molar-refractivity contribution in [1.29, 1.82) is 0 Å². The highest BCUT2D eigenvalue weighted by Gasteiger charge is 2.27. The zero-order valence-corrected chi connectivity index (χ0v) is 13.1. The molecule has 2 aliphatic rings. The van der Waals surface area contributed by atoms with Gasteiger partial charge in [-0.1, -0.05) is 6.07 Å². The number of allylic oxidation sites excluding steroid dienone is 3. The molecule has 0 amide bonds. The van der Waals surface area contributed by atoms with Crippen LogP contribution in [0.5, 0.6) is 11.5 Å². The summed E-state index contributed by atoms with van der Waals surface area (Å²) in [6.07, 6.45) is 5.85. The van der Waals surface area contributed by atoms with E-state index in [-0.39, 0.29) is 5.75 Å². The second-order valence-corrected chi connectivity index (χ2v) is 5.55. The van der Waals surface area contributed by atoms with Gasteiger partial charge in [-0.2, -0.15) is 0 Å². The van der Waals surface area contributed by atoms with Gasteiger partial charge in [0.1, 0.15) is 11.9 Å². The lowest BCUT2D eigenvalue weighted by Gasteiger charge is -2.30. The Morgan fingerprint density at radius 1 is 1.21 bits per heavy atom. The first-order chi connectivity index (χ1) is 11.5. The number of halogens is 1. The molecule has 126 valence electrons. The molecule has 7 N–H and O–H groups in total. The van der Waals surface area contributed by atoms with Crippen LogP contribution >= 0.6 is 0 Å². The number of ether oxygens (including phenoxy) is 1. The highest BCUT2D eigenvalue weighted by molar-refractivity contribution is 5.77. The predicted octanol–water partition coefficient (Wildman–Crippen LogP) is 1.18. The second kappa shape index (κ2) is 6.29. The third-order valence-corrected chi connectivity index (χ3v) is 3.94. The SMILES string of the molecule is COc1cc(C2=CNC(N)C(C3NC=C(N)C=C3F)=C2)ccc1O. The third-order valence-electron chi connectivity index (χ3n) is 3.94. The van der Waals surface area contributed by atoms with Gasteiger partial charge in [0.2, 0.25) is 0 Å². The predicted molar refractivity (Wildman–Crippen MR) is 90.2 cm³/mol. The summed E-state index contributed by atoms with van der Waals surface area (Å²) in [4.78, 5) is 0. The molecule has 0 radical (unpaired) electrons. The van der Waals surface area contributed by atoms with E-state index in [0.717, 1.165) is 11.1 Å². The van der Waals surface area contributed by atoms with E-state index in [1.807, 2.05) is 6.08 Å². The maximum atomic E-state index is 14.2. The fourth-order valence-electron chi connectivity index (χ4n) is 2.67. The number of benzene rings is 1. The Morgan fingerprint density at radius 2 is 2.00 bits per heavy atom. The summed E-state index contributed by atoms with van der Waals surface area (Å²) >= 11 is 0. The number of nitrogens with two attached hydrogens (primary N) is 2. The van der Waals surface area contributed by atoms with Gasteiger partial charge in [-0.3, -0.25) is 0 Å². The molecule has 24 heavy (non-hydrogen) atoms. The van der Waals surface area contributed by atoms with Crippen molar-refractivity contribution in [3.63, 3.8) is 0 Å². The average molecular weight is 330 g/mol. The Hall–Kier alpha value is -2.93. The number of methoxy groups -OCH3 is 1. The standard InChI is InChI=1S/C17H19FN4O2/c1-24-15-5-9(2-3-14(15)23)10-4-12(17(20)22-7-10)16-13(18)6-11(19)8-21-16/h2-8,16-17,21-23H,19-20H2,1H3. The molecular weight excluding hydrogens is 311 g/mol. The van der Waals surface area contributed by atoms with Crippen LogP contribution in [0.1, 0.15) is 5.56 Å². The van der Waals surface area contributed by atoms with Crippen molar-refractivity contribution in [2.45, 2.75) is 12.2 Å². The first-order valence-electron chi connectivity index (χ1n) is 7.39. The van der Waals surface area contributed by atoms with E-state index in [0.29, 0.717) is 17.0 Å². The number of aromatic hydroxyl groups is 1. The lowest BCUT2D eigenvalue weighted by atomic mass is 9.93. The van der Waals surface area contributed by atoms with Crippen LogP contribution in [0.2, 0.25) is 0 Å². The van der Waals surface area contributed by atoms with Crippen molar-refractivity contribution in [3.8, 4) is 11.5 Å². The number of phenols is 1. The van der Waals surface area contributed by atoms with E-state index in [9.17, 15) is 9.50 Å². The summed E-state index contributed by atoms with van der Waals surface area (Å²) < 4.78 is 19.4. The second-order valence-electron chi connectivity index (χ2n) is 5.55. The van der Waals surface area contributed by atoms with Gasteiger partial charge < -0.3 is 31.9 Å². The van der Waals surface area contributed by atoms with Crippen LogP contribution in [0.15, 0.2) is 59.8 Å². The van der Waals surface area contributed by atoms with Crippen molar-refractivity contribution in [2.24, 2.45) is 11.5 Å². The fraction of sp³-hybridized carbons (Fsp3) is 0.176. The Morgan fingerprint density at radius 3 is 2.71 bits per heavy atom. The highest BCUT2D eigenvalue weighted by Crippen LogP contribution is 2.32. The molecule has 0 fully saturated rings. The molecule has 3 rings (SSSR count). The molecule has 2 unspecified atom stereocenters. The topological polar surface area (TPSA) is 106 Å². The zero-order valence-electron chi connectivity index (χ0n) is 13.1. The molecule has 1 aromatic carbocycles. The minimum atomic E-state index is -0.678. The van der Waals surface area contributed by atoms with Gasteiger partial charge in [-0.15, -0.1) is 0 Å². The van der Waals surface area contributed by atoms with Crippen LogP contribution in [-0.2, 0) is 0 Å². The van der Waals surface area contributed by atoms with Crippen LogP contribution in [-0.4, -0.2) is 24.4 Å². The van der Waals surface area contributed by atoms with E-state index >= 15 is 0 Å². The molecule has 0 saturated heterocycles. The summed E-state index contributed by atoms with van der Waals surface area (Å²) in [6.45, 7) is 0. The van der Waals surface area contributed by atoms with Crippen molar-refractivity contribution in [1.82, 2.24) is 10.6 Å². The van der Waals surface area contributed by atoms with E-state index < -0.39 is 18.0 Å². The lowest BCUT2D eigenvalue weighted by Crippen LogP contribution is -2.46. The number of rotatable bonds is 3. The Bertz CT molecular complexity index is 783. The number of nitrogens with one attached hydrogen (secondary N) is 2. The van der Waals surface area contributed by atoms with Gasteiger partial charge >= 0.3 is 0 Å². The van der Waals surface area contributed by atoms with Gasteiger partial charge in [0.15, 0.2) is 11.5 Å². The summed E-state index contributed by atoms with van der Waals surface area (Å²) in [7, 11) is 1.48. The molecule has 0 aliphatic carbocycles. The molecule has 0 aromatic heterocycles. The van der Waals surface area contributed by atoms with Crippen molar-refractivity contribution < 1.29 is 14.2 Å². The molecule has 2 heterocycles. The summed E-state index contributed by atoms with van der Waals surface area (Å²) in [5, 5.41) is 15.6. The maximum Gasteiger partial charge on any atom is 0.161 e. The normalized spacial score (nSPS) is 23.1. The zero-order chi connectivity index (χ0) is 17.3. The van der Waals surface area contributed by atoms with Crippen LogP contribution in [0.25, 0.3) is 5.57 Å². The minimum absolute atomic E-state index is 0.0510. The monoisotopic (exact) mass is 330 g/mol. The molecule has 6 nitrogen and oxygen atoms in total. The van der Waals surface area contributed by atoms with Crippen LogP contribution in [0, 0.1) is 0 Å². The van der Waals surface area contributed by atoms with Crippen molar-refractivity contribution in [3.05, 3.63) is 65.4 Å². The summed E-state index contributed by atoms with van der Waals surface area (Å²) in [5.41, 5.74) is 14.2. The Labute approximate surface area is 139 Å². The van der Waals surface area contributed by atoms with E-state index in [1.54, 1.807) is 30.6 Å². The van der Waals surface area contributed by atoms with Gasteiger partial charge in [0.05, 0.1) is 19.0 Å². The van der Waals surface area contributed by atoms with Crippen LogP contribution in [0.4, 0.5) is 4.39 Å². The maximum absolute atomic E-state index is 14.2. The largest absolute Gasteiger partial charge is 0.504 e. The third kappa shape index (κ3) is 2.93. The number of dihydropyridines is 2. The summed E-state index contributed by atoms with van der Waals surface area (Å²) in [5.74, 6) is 0.00823. The molecule has 1 aromatic rings. The smallest absolute Gasteiger partial charge is 0.161 e. The highest BCUT2D eigenvalue weighted by atomic mass is 19.1. The first-order valence-corrected chi connectivity index (χ1v) is 7.39. The Kier molecular flexibility index (Phi) is 4.18. The van der Waals surface area contributed by atoms with Gasteiger partial charge in [-0.25, -0.2) is 4.39 Å². The van der Waals surface area contributed by atoms with E-state index in [2.05, 4.69) is 10.6 Å². The molecule has 2 aliphatic heterocycles. The summed E-state index contributed by atoms with van der Waals surface area (Å²) in [6, 6.07) is 4.31. The Balaban J connectivity index is 1.94. The fourth-order valence-corrected chi connectivity index (χ4v) is 2.67. The van der Waals surface area contributed by atoms with Crippen molar-refractivity contribution >= 4 is 5.57 Å². The molecule has 0 bridgehead atoms. The molecule has 7 heteroatoms. The number of phenolic OH excluding ortho intramolecular Hbond substituents is 1. The minimum Gasteiger partial charge on any atom is -0.504 e. The van der Waals surface area contributed by atoms with Gasteiger partial charge in [-0.05, 0) is 41.0 Å². The van der Waals surface area contributed by atoms with E-state index in [1.165, 1.54) is 13.2 Å². The molecule has 0 saturated carbocycles. The van der Waals surface area contributed by atoms with Crippen LogP contribution in [0.3, 0.4) is 0 Å². The molecular formula is C17H19FN4O2. The quantitative estimate of drug-likeness (QED) is 0.570. The number of hydrogen-bond donors (Lipinski definition) is 5. The lowest BCUT2D eigenvalue weighted by molar-refractivity contribution is 0.373.